The predicted molar refractivity (Wildman–Crippen MR) is 105 cm³/mol. The Kier molecular flexibility index (Phi) is 7.33. The third kappa shape index (κ3) is 4.91. The van der Waals surface area contributed by atoms with Gasteiger partial charge in [0.05, 0.1) is 5.39 Å². The van der Waals surface area contributed by atoms with E-state index in [-0.39, 0.29) is 17.5 Å². The molecule has 0 aliphatic heterocycles. The summed E-state index contributed by atoms with van der Waals surface area (Å²) in [6.07, 6.45) is 3.74. The molecular weight excluding hydrogens is 328 g/mol. The highest BCUT2D eigenvalue weighted by atomic mass is 16.2. The van der Waals surface area contributed by atoms with Crippen LogP contribution in [0.3, 0.4) is 0 Å². The minimum Gasteiger partial charge on any atom is -0.347 e. The molecule has 1 amide bonds. The molecule has 0 aliphatic carbocycles. The number of nitrogens with two attached hydrogens (primary N) is 1. The van der Waals surface area contributed by atoms with Crippen molar-refractivity contribution in [3.63, 3.8) is 0 Å². The number of amides is 1. The van der Waals surface area contributed by atoms with Crippen LogP contribution in [0.5, 0.6) is 0 Å². The van der Waals surface area contributed by atoms with Crippen LogP contribution < -0.4 is 16.6 Å². The van der Waals surface area contributed by atoms with Gasteiger partial charge in [0.25, 0.3) is 11.5 Å². The second-order valence-corrected chi connectivity index (χ2v) is 7.17. The molecule has 1 aromatic carbocycles. The third-order valence-corrected chi connectivity index (χ3v) is 4.43. The molecule has 0 bridgehead atoms. The van der Waals surface area contributed by atoms with Gasteiger partial charge in [0.15, 0.2) is 5.69 Å². The van der Waals surface area contributed by atoms with E-state index in [4.69, 9.17) is 5.73 Å². The van der Waals surface area contributed by atoms with Crippen LogP contribution >= 0.6 is 0 Å². The molecule has 3 N–H and O–H groups in total. The van der Waals surface area contributed by atoms with Crippen molar-refractivity contribution in [2.24, 2.45) is 11.7 Å². The third-order valence-electron chi connectivity index (χ3n) is 4.43. The number of nitrogens with one attached hydrogen (secondary N) is 1. The molecule has 0 saturated carbocycles. The van der Waals surface area contributed by atoms with E-state index >= 15 is 0 Å². The van der Waals surface area contributed by atoms with Crippen LogP contribution in [0.15, 0.2) is 29.1 Å². The number of hydrogen-bond donors (Lipinski definition) is 2. The van der Waals surface area contributed by atoms with Gasteiger partial charge in [-0.3, -0.25) is 9.59 Å². The fourth-order valence-electron chi connectivity index (χ4n) is 3.10. The number of fused-ring (bicyclic) bond motifs is 1. The van der Waals surface area contributed by atoms with Crippen LogP contribution in [-0.2, 0) is 6.54 Å². The molecule has 0 radical (unpaired) electrons. The monoisotopic (exact) mass is 358 g/mol. The van der Waals surface area contributed by atoms with E-state index in [1.165, 1.54) is 4.68 Å². The molecule has 0 spiro atoms. The Labute approximate surface area is 154 Å². The van der Waals surface area contributed by atoms with Gasteiger partial charge in [-0.1, -0.05) is 51.8 Å². The number of carbonyl (C=O) groups is 1. The number of hydrogen-bond acceptors (Lipinski definition) is 4. The first kappa shape index (κ1) is 20.1. The lowest BCUT2D eigenvalue weighted by Gasteiger charge is -2.19. The molecule has 26 heavy (non-hydrogen) atoms. The van der Waals surface area contributed by atoms with Gasteiger partial charge in [-0.05, 0) is 24.8 Å². The van der Waals surface area contributed by atoms with Crippen molar-refractivity contribution < 1.29 is 4.79 Å². The summed E-state index contributed by atoms with van der Waals surface area (Å²) in [4.78, 5) is 25.5. The zero-order chi connectivity index (χ0) is 19.1. The first-order valence-electron chi connectivity index (χ1n) is 9.48. The Bertz CT molecular complexity index is 798. The molecule has 1 aromatic heterocycles. The number of nitrogens with zero attached hydrogens (tertiary/aromatic N) is 2. The molecule has 0 saturated heterocycles. The second-order valence-electron chi connectivity index (χ2n) is 7.17. The lowest BCUT2D eigenvalue weighted by molar-refractivity contribution is 0.0928. The molecular formula is C20H30N4O2. The van der Waals surface area contributed by atoms with Gasteiger partial charge in [0, 0.05) is 24.5 Å². The lowest BCUT2D eigenvalue weighted by atomic mass is 10.0. The van der Waals surface area contributed by atoms with Gasteiger partial charge in [0.2, 0.25) is 0 Å². The number of unbranched alkanes of at least 4 members (excludes halogenated alkanes) is 2. The van der Waals surface area contributed by atoms with Gasteiger partial charge in [-0.25, -0.2) is 4.68 Å². The predicted octanol–water partition coefficient (Wildman–Crippen LogP) is 2.69. The number of aromatic nitrogens is 2. The molecule has 2 aromatic rings. The Morgan fingerprint density at radius 3 is 2.54 bits per heavy atom. The maximum atomic E-state index is 12.9. The summed E-state index contributed by atoms with van der Waals surface area (Å²) in [7, 11) is 0. The highest BCUT2D eigenvalue weighted by Crippen LogP contribution is 2.14. The van der Waals surface area contributed by atoms with Crippen molar-refractivity contribution in [2.75, 3.05) is 6.54 Å². The van der Waals surface area contributed by atoms with E-state index in [1.807, 2.05) is 12.1 Å². The van der Waals surface area contributed by atoms with Crippen LogP contribution in [0.25, 0.3) is 10.8 Å². The average Bonchev–Trinajstić information content (AvgIpc) is 2.62. The summed E-state index contributed by atoms with van der Waals surface area (Å²) >= 11 is 0. The Balaban J connectivity index is 2.39. The van der Waals surface area contributed by atoms with Crippen molar-refractivity contribution in [3.8, 4) is 0 Å². The molecule has 0 fully saturated rings. The van der Waals surface area contributed by atoms with Gasteiger partial charge in [0.1, 0.15) is 0 Å². The van der Waals surface area contributed by atoms with E-state index < -0.39 is 0 Å². The van der Waals surface area contributed by atoms with E-state index in [1.54, 1.807) is 12.1 Å². The molecule has 1 unspecified atom stereocenters. The molecule has 6 nitrogen and oxygen atoms in total. The Morgan fingerprint density at radius 2 is 1.92 bits per heavy atom. The summed E-state index contributed by atoms with van der Waals surface area (Å²) in [5, 5.41) is 8.48. The summed E-state index contributed by atoms with van der Waals surface area (Å²) in [6, 6.07) is 7.04. The lowest BCUT2D eigenvalue weighted by Crippen LogP contribution is -2.42. The van der Waals surface area contributed by atoms with E-state index in [0.29, 0.717) is 35.5 Å². The van der Waals surface area contributed by atoms with Crippen LogP contribution in [0.2, 0.25) is 0 Å². The number of benzene rings is 1. The fraction of sp³-hybridized carbons (Fsp3) is 0.550. The minimum atomic E-state index is -0.276. The average molecular weight is 358 g/mol. The Morgan fingerprint density at radius 1 is 1.23 bits per heavy atom. The summed E-state index contributed by atoms with van der Waals surface area (Å²) < 4.78 is 1.42. The number of aryl methyl sites for hydroxylation is 1. The molecule has 2 rings (SSSR count). The Hall–Kier alpha value is -2.21. The topological polar surface area (TPSA) is 90.0 Å². The molecule has 6 heteroatoms. The zero-order valence-electron chi connectivity index (χ0n) is 16.0. The molecule has 142 valence electrons. The highest BCUT2D eigenvalue weighted by Gasteiger charge is 2.19. The summed E-state index contributed by atoms with van der Waals surface area (Å²) in [6.45, 7) is 7.19. The summed E-state index contributed by atoms with van der Waals surface area (Å²) in [5.41, 5.74) is 5.95. The maximum Gasteiger partial charge on any atom is 0.274 e. The van der Waals surface area contributed by atoms with Crippen molar-refractivity contribution >= 4 is 16.7 Å². The van der Waals surface area contributed by atoms with E-state index in [2.05, 4.69) is 31.2 Å². The zero-order valence-corrected chi connectivity index (χ0v) is 16.0. The normalized spacial score (nSPS) is 12.5. The fourth-order valence-corrected chi connectivity index (χ4v) is 3.10. The highest BCUT2D eigenvalue weighted by molar-refractivity contribution is 6.04. The van der Waals surface area contributed by atoms with Crippen molar-refractivity contribution in [1.82, 2.24) is 15.1 Å². The minimum absolute atomic E-state index is 0.108. The van der Waals surface area contributed by atoms with E-state index in [9.17, 15) is 9.59 Å². The van der Waals surface area contributed by atoms with Crippen molar-refractivity contribution in [2.45, 2.75) is 59.0 Å². The number of rotatable bonds is 9. The van der Waals surface area contributed by atoms with Crippen LogP contribution in [0, 0.1) is 5.92 Å². The largest absolute Gasteiger partial charge is 0.347 e. The van der Waals surface area contributed by atoms with Gasteiger partial charge >= 0.3 is 0 Å². The smallest absolute Gasteiger partial charge is 0.274 e. The SMILES string of the molecule is CCCCCn1nc(C(=O)NC(CN)CC(C)C)c2ccccc2c1=O. The van der Waals surface area contributed by atoms with Crippen LogP contribution in [0.1, 0.15) is 56.9 Å². The molecule has 0 aliphatic rings. The second kappa shape index (κ2) is 9.48. The van der Waals surface area contributed by atoms with Crippen molar-refractivity contribution in [1.29, 1.82) is 0 Å². The molecule has 1 heterocycles. The standard InChI is InChI=1S/C20H30N4O2/c1-4-5-8-11-24-20(26)17-10-7-6-9-16(17)18(23-24)19(25)22-15(13-21)12-14(2)3/h6-7,9-10,14-15H,4-5,8,11-13,21H2,1-3H3,(H,22,25). The van der Waals surface area contributed by atoms with Gasteiger partial charge in [-0.15, -0.1) is 0 Å². The van der Waals surface area contributed by atoms with Crippen LogP contribution in [0.4, 0.5) is 0 Å². The summed E-state index contributed by atoms with van der Waals surface area (Å²) in [5.74, 6) is 0.151. The van der Waals surface area contributed by atoms with Crippen LogP contribution in [-0.4, -0.2) is 28.3 Å². The van der Waals surface area contributed by atoms with Gasteiger partial charge < -0.3 is 11.1 Å². The first-order valence-corrected chi connectivity index (χ1v) is 9.48. The molecule has 1 atom stereocenters. The van der Waals surface area contributed by atoms with Gasteiger partial charge in [-0.2, -0.15) is 5.10 Å². The maximum absolute atomic E-state index is 12.9. The van der Waals surface area contributed by atoms with Crippen molar-refractivity contribution in [3.05, 3.63) is 40.3 Å². The number of carbonyl (C=O) groups excluding carboxylic acids is 1. The first-order chi connectivity index (χ1) is 12.5. The quantitative estimate of drug-likeness (QED) is 0.674. The van der Waals surface area contributed by atoms with E-state index in [0.717, 1.165) is 25.7 Å².